The van der Waals surface area contributed by atoms with Crippen molar-refractivity contribution >= 4 is 10.0 Å². The molecule has 1 heterocycles. The van der Waals surface area contributed by atoms with E-state index in [0.717, 1.165) is 13.0 Å². The van der Waals surface area contributed by atoms with Gasteiger partial charge >= 0.3 is 0 Å². The van der Waals surface area contributed by atoms with Gasteiger partial charge in [0.1, 0.15) is 4.90 Å². The van der Waals surface area contributed by atoms with Crippen molar-refractivity contribution in [1.29, 1.82) is 0 Å². The number of hydrogen-bond acceptors (Lipinski definition) is 4. The van der Waals surface area contributed by atoms with Crippen molar-refractivity contribution in [2.45, 2.75) is 57.4 Å². The normalized spacial score (nSPS) is 13.3. The third-order valence-corrected chi connectivity index (χ3v) is 4.76. The van der Waals surface area contributed by atoms with E-state index < -0.39 is 10.0 Å². The molecule has 22 heavy (non-hydrogen) atoms. The van der Waals surface area contributed by atoms with E-state index in [2.05, 4.69) is 9.82 Å². The largest absolute Gasteiger partial charge is 0.309 e. The Kier molecular flexibility index (Phi) is 6.18. The van der Waals surface area contributed by atoms with E-state index >= 15 is 0 Å². The first kappa shape index (κ1) is 19.1. The Balaban J connectivity index is 3.02. The monoisotopic (exact) mass is 330 g/mol. The highest BCUT2D eigenvalue weighted by atomic mass is 32.2. The Hall–Kier alpha value is -0.920. The number of aromatic nitrogens is 2. The van der Waals surface area contributed by atoms with Gasteiger partial charge in [-0.15, -0.1) is 0 Å². The molecule has 6 nitrogen and oxygen atoms in total. The molecule has 7 heteroatoms. The summed E-state index contributed by atoms with van der Waals surface area (Å²) >= 11 is 0. The zero-order chi connectivity index (χ0) is 17.1. The molecular weight excluding hydrogens is 300 g/mol. The number of nitrogens with zero attached hydrogens (tertiary/aromatic N) is 3. The Bertz CT molecular complexity index is 583. The molecule has 1 N–H and O–H groups in total. The Morgan fingerprint density at radius 2 is 1.91 bits per heavy atom. The van der Waals surface area contributed by atoms with Crippen molar-refractivity contribution in [3.8, 4) is 0 Å². The van der Waals surface area contributed by atoms with E-state index in [1.54, 1.807) is 10.9 Å². The minimum atomic E-state index is -3.54. The van der Waals surface area contributed by atoms with Gasteiger partial charge in [0.25, 0.3) is 0 Å². The van der Waals surface area contributed by atoms with Crippen molar-refractivity contribution in [3.63, 3.8) is 0 Å². The van der Waals surface area contributed by atoms with Crippen LogP contribution in [0.2, 0.25) is 0 Å². The van der Waals surface area contributed by atoms with Gasteiger partial charge in [-0.05, 0) is 40.9 Å². The summed E-state index contributed by atoms with van der Waals surface area (Å²) in [6, 6.07) is 0.124. The molecule has 1 aromatic heterocycles. The van der Waals surface area contributed by atoms with Crippen LogP contribution in [-0.4, -0.2) is 50.3 Å². The smallest absolute Gasteiger partial charge is 0.243 e. The van der Waals surface area contributed by atoms with Gasteiger partial charge in [-0.1, -0.05) is 20.8 Å². The molecular formula is C15H30N4O2S. The van der Waals surface area contributed by atoms with E-state index in [4.69, 9.17) is 0 Å². The second-order valence-corrected chi connectivity index (χ2v) is 8.96. The lowest BCUT2D eigenvalue weighted by molar-refractivity contribution is 0.400. The van der Waals surface area contributed by atoms with Gasteiger partial charge in [0, 0.05) is 24.2 Å². The molecule has 0 aliphatic carbocycles. The van der Waals surface area contributed by atoms with Crippen molar-refractivity contribution in [2.24, 2.45) is 0 Å². The fraction of sp³-hybridized carbons (Fsp3) is 0.800. The molecule has 1 aromatic rings. The average molecular weight is 330 g/mol. The molecule has 0 aliphatic heterocycles. The first-order chi connectivity index (χ1) is 9.95. The summed E-state index contributed by atoms with van der Waals surface area (Å²) in [4.78, 5) is 2.32. The van der Waals surface area contributed by atoms with Crippen LogP contribution in [0.1, 0.15) is 52.8 Å². The molecule has 0 aliphatic rings. The standard InChI is InChI=1S/C15H30N4O2S/c1-12(2)19-11-13(14(17-19)15(3,4)5)22(20,21)16-9-8-10-18(6)7/h11-12,16H,8-10H2,1-7H3. The average Bonchev–Trinajstić information content (AvgIpc) is 2.80. The quantitative estimate of drug-likeness (QED) is 0.777. The predicted octanol–water partition coefficient (Wildman–Crippen LogP) is 1.99. The Morgan fingerprint density at radius 3 is 2.36 bits per heavy atom. The molecule has 0 fully saturated rings. The lowest BCUT2D eigenvalue weighted by Crippen LogP contribution is -2.29. The van der Waals surface area contributed by atoms with Crippen LogP contribution in [0.4, 0.5) is 0 Å². The van der Waals surface area contributed by atoms with Crippen molar-refractivity contribution < 1.29 is 8.42 Å². The van der Waals surface area contributed by atoms with Gasteiger partial charge in [0.2, 0.25) is 10.0 Å². The SMILES string of the molecule is CC(C)n1cc(S(=O)(=O)NCCCN(C)C)c(C(C)(C)C)n1. The fourth-order valence-electron chi connectivity index (χ4n) is 2.04. The molecule has 128 valence electrons. The molecule has 0 atom stereocenters. The van der Waals surface area contributed by atoms with Crippen LogP contribution in [-0.2, 0) is 15.4 Å². The first-order valence-corrected chi connectivity index (χ1v) is 9.17. The van der Waals surface area contributed by atoms with E-state index in [0.29, 0.717) is 17.1 Å². The van der Waals surface area contributed by atoms with Crippen molar-refractivity contribution in [2.75, 3.05) is 27.2 Å². The first-order valence-electron chi connectivity index (χ1n) is 7.69. The molecule has 0 bridgehead atoms. The minimum Gasteiger partial charge on any atom is -0.309 e. The van der Waals surface area contributed by atoms with Crippen LogP contribution < -0.4 is 4.72 Å². The van der Waals surface area contributed by atoms with Gasteiger partial charge < -0.3 is 4.90 Å². The summed E-state index contributed by atoms with van der Waals surface area (Å²) in [5.74, 6) is 0. The third kappa shape index (κ3) is 5.07. The molecule has 1 rings (SSSR count). The van der Waals surface area contributed by atoms with Crippen LogP contribution in [0, 0.1) is 0 Å². The zero-order valence-electron chi connectivity index (χ0n) is 14.8. The highest BCUT2D eigenvalue weighted by molar-refractivity contribution is 7.89. The molecule has 0 amide bonds. The van der Waals surface area contributed by atoms with Crippen LogP contribution in [0.15, 0.2) is 11.1 Å². The number of hydrogen-bond donors (Lipinski definition) is 1. The maximum absolute atomic E-state index is 12.6. The minimum absolute atomic E-state index is 0.124. The van der Waals surface area contributed by atoms with Crippen LogP contribution in [0.25, 0.3) is 0 Å². The van der Waals surface area contributed by atoms with E-state index in [-0.39, 0.29) is 11.5 Å². The summed E-state index contributed by atoms with van der Waals surface area (Å²) in [5.41, 5.74) is 0.287. The highest BCUT2D eigenvalue weighted by Gasteiger charge is 2.30. The Labute approximate surface area is 134 Å². The molecule has 0 saturated heterocycles. The lowest BCUT2D eigenvalue weighted by Gasteiger charge is -2.18. The maximum atomic E-state index is 12.6. The van der Waals surface area contributed by atoms with Gasteiger partial charge in [-0.3, -0.25) is 4.68 Å². The van der Waals surface area contributed by atoms with Crippen LogP contribution >= 0.6 is 0 Å². The van der Waals surface area contributed by atoms with E-state index in [1.807, 2.05) is 53.6 Å². The van der Waals surface area contributed by atoms with Gasteiger partial charge in [0.05, 0.1) is 5.69 Å². The van der Waals surface area contributed by atoms with E-state index in [9.17, 15) is 8.42 Å². The second-order valence-electron chi connectivity index (χ2n) is 7.22. The highest BCUT2D eigenvalue weighted by Crippen LogP contribution is 2.28. The summed E-state index contributed by atoms with van der Waals surface area (Å²) < 4.78 is 29.6. The topological polar surface area (TPSA) is 67.2 Å². The summed E-state index contributed by atoms with van der Waals surface area (Å²) in [5, 5.41) is 4.49. The van der Waals surface area contributed by atoms with Crippen molar-refractivity contribution in [1.82, 2.24) is 19.4 Å². The third-order valence-electron chi connectivity index (χ3n) is 3.30. The molecule has 0 aromatic carbocycles. The zero-order valence-corrected chi connectivity index (χ0v) is 15.7. The molecule has 0 unspecified atom stereocenters. The lowest BCUT2D eigenvalue weighted by atomic mass is 9.92. The number of rotatable bonds is 7. The predicted molar refractivity (Wildman–Crippen MR) is 89.7 cm³/mol. The van der Waals surface area contributed by atoms with Crippen molar-refractivity contribution in [3.05, 3.63) is 11.9 Å². The maximum Gasteiger partial charge on any atom is 0.243 e. The molecule has 0 spiro atoms. The summed E-state index contributed by atoms with van der Waals surface area (Å²) in [7, 11) is 0.406. The van der Waals surface area contributed by atoms with Gasteiger partial charge in [-0.25, -0.2) is 13.1 Å². The van der Waals surface area contributed by atoms with Crippen LogP contribution in [0.5, 0.6) is 0 Å². The Morgan fingerprint density at radius 1 is 1.32 bits per heavy atom. The molecule has 0 radical (unpaired) electrons. The number of nitrogens with one attached hydrogen (secondary N) is 1. The van der Waals surface area contributed by atoms with Crippen LogP contribution in [0.3, 0.4) is 0 Å². The molecule has 0 saturated carbocycles. The summed E-state index contributed by atoms with van der Waals surface area (Å²) in [6.45, 7) is 11.2. The van der Waals surface area contributed by atoms with E-state index in [1.165, 1.54) is 0 Å². The number of sulfonamides is 1. The fourth-order valence-corrected chi connectivity index (χ4v) is 3.45. The van der Waals surface area contributed by atoms with Gasteiger partial charge in [0.15, 0.2) is 0 Å². The second kappa shape index (κ2) is 7.10. The summed E-state index contributed by atoms with van der Waals surface area (Å²) in [6.07, 6.45) is 2.41. The van der Waals surface area contributed by atoms with Gasteiger partial charge in [-0.2, -0.15) is 5.10 Å².